The average Bonchev–Trinajstić information content (AvgIpc) is 2.90. The summed E-state index contributed by atoms with van der Waals surface area (Å²) in [5, 5.41) is 41.2. The Morgan fingerprint density at radius 3 is 2.66 bits per heavy atom. The smallest absolute Gasteiger partial charge is 0.309 e. The summed E-state index contributed by atoms with van der Waals surface area (Å²) in [4.78, 5) is 34.7. The number of aliphatic carboxylic acids is 1. The number of carbonyl (C=O) groups excluding carboxylic acids is 2. The summed E-state index contributed by atoms with van der Waals surface area (Å²) in [6, 6.07) is 3.84. The molecule has 1 aliphatic heterocycles. The minimum Gasteiger partial charge on any atom is -0.494 e. The van der Waals surface area contributed by atoms with Gasteiger partial charge >= 0.3 is 5.97 Å². The molecule has 1 unspecified atom stereocenters. The van der Waals surface area contributed by atoms with Gasteiger partial charge < -0.3 is 15.3 Å². The molecular formula is C19H22N4O6. The summed E-state index contributed by atoms with van der Waals surface area (Å²) in [6.07, 6.45) is 0.514. The minimum absolute atomic E-state index is 0.0930. The van der Waals surface area contributed by atoms with Gasteiger partial charge in [0.25, 0.3) is 0 Å². The molecule has 2 aromatic rings. The number of aromatic hydroxyl groups is 2. The number of hydrogen-bond donors (Lipinski definition) is 4. The Kier molecular flexibility index (Phi) is 5.27. The maximum absolute atomic E-state index is 12.2. The number of nitrogens with one attached hydrogen (secondary N) is 1. The molecule has 2 amide bonds. The molecule has 29 heavy (non-hydrogen) atoms. The second-order valence-corrected chi connectivity index (χ2v) is 7.59. The van der Waals surface area contributed by atoms with Gasteiger partial charge in [0.1, 0.15) is 6.04 Å². The van der Waals surface area contributed by atoms with E-state index < -0.39 is 29.2 Å². The lowest BCUT2D eigenvalue weighted by molar-refractivity contribution is -0.147. The standard InChI is InChI=1S/C19H22N4O6/c1-19(2,18(28)29)8-9-20-22-11-5-3-4-10-14(11)17(27)23(16(10)26)12-6-7-13(24)21-15(12)25/h3-5,12,26-27H,6-9H2,1-2H3,(H,28,29)(H,21,24,25). The van der Waals surface area contributed by atoms with Gasteiger partial charge in [-0.15, -0.1) is 0 Å². The maximum Gasteiger partial charge on any atom is 0.309 e. The molecule has 2 heterocycles. The first-order valence-electron chi connectivity index (χ1n) is 9.13. The van der Waals surface area contributed by atoms with Crippen LogP contribution in [-0.4, -0.2) is 44.2 Å². The number of azo groups is 1. The fraction of sp³-hybridized carbons (Fsp3) is 0.421. The van der Waals surface area contributed by atoms with Crippen LogP contribution in [0.15, 0.2) is 28.4 Å². The van der Waals surface area contributed by atoms with E-state index in [2.05, 4.69) is 15.5 Å². The van der Waals surface area contributed by atoms with Crippen LogP contribution in [0.3, 0.4) is 0 Å². The van der Waals surface area contributed by atoms with Gasteiger partial charge in [0.15, 0.2) is 0 Å². The Labute approximate surface area is 165 Å². The van der Waals surface area contributed by atoms with Crippen molar-refractivity contribution in [3.05, 3.63) is 18.2 Å². The van der Waals surface area contributed by atoms with Crippen molar-refractivity contribution in [1.29, 1.82) is 0 Å². The predicted octanol–water partition coefficient (Wildman–Crippen LogP) is 2.61. The highest BCUT2D eigenvalue weighted by Crippen LogP contribution is 2.44. The number of carboxylic acid groups (broad SMARTS) is 1. The maximum atomic E-state index is 12.2. The van der Waals surface area contributed by atoms with Crippen molar-refractivity contribution in [2.45, 2.75) is 39.2 Å². The van der Waals surface area contributed by atoms with E-state index >= 15 is 0 Å². The molecule has 0 aliphatic carbocycles. The van der Waals surface area contributed by atoms with E-state index in [1.165, 1.54) is 0 Å². The second-order valence-electron chi connectivity index (χ2n) is 7.59. The first-order valence-corrected chi connectivity index (χ1v) is 9.13. The van der Waals surface area contributed by atoms with E-state index in [0.717, 1.165) is 4.57 Å². The van der Waals surface area contributed by atoms with E-state index in [1.807, 2.05) is 0 Å². The molecule has 0 saturated carbocycles. The molecule has 0 bridgehead atoms. The van der Waals surface area contributed by atoms with Gasteiger partial charge in [-0.05, 0) is 38.8 Å². The molecule has 1 aromatic carbocycles. The van der Waals surface area contributed by atoms with Gasteiger partial charge in [-0.3, -0.25) is 24.3 Å². The monoisotopic (exact) mass is 402 g/mol. The molecule has 3 rings (SSSR count). The number of fused-ring (bicyclic) bond motifs is 1. The van der Waals surface area contributed by atoms with Crippen LogP contribution in [0.25, 0.3) is 10.8 Å². The van der Waals surface area contributed by atoms with Crippen LogP contribution in [0.4, 0.5) is 5.69 Å². The zero-order valence-electron chi connectivity index (χ0n) is 16.0. The van der Waals surface area contributed by atoms with Crippen molar-refractivity contribution in [2.75, 3.05) is 6.54 Å². The first kappa shape index (κ1) is 20.3. The van der Waals surface area contributed by atoms with Crippen LogP contribution in [-0.2, 0) is 14.4 Å². The lowest BCUT2D eigenvalue weighted by Gasteiger charge is -2.23. The van der Waals surface area contributed by atoms with Crippen molar-refractivity contribution in [1.82, 2.24) is 9.88 Å². The van der Waals surface area contributed by atoms with Gasteiger partial charge in [0.2, 0.25) is 23.6 Å². The Hall–Kier alpha value is -3.43. The van der Waals surface area contributed by atoms with Crippen LogP contribution in [0, 0.1) is 5.41 Å². The predicted molar refractivity (Wildman–Crippen MR) is 102 cm³/mol. The van der Waals surface area contributed by atoms with Crippen molar-refractivity contribution in [3.8, 4) is 11.8 Å². The number of amides is 2. The lowest BCUT2D eigenvalue weighted by Crippen LogP contribution is -2.41. The third-order valence-electron chi connectivity index (χ3n) is 5.08. The number of aromatic nitrogens is 1. The number of nitrogens with zero attached hydrogens (tertiary/aromatic N) is 3. The number of benzene rings is 1. The van der Waals surface area contributed by atoms with E-state index in [4.69, 9.17) is 5.11 Å². The molecular weight excluding hydrogens is 380 g/mol. The number of carbonyl (C=O) groups is 3. The topological polar surface area (TPSA) is 154 Å². The molecule has 1 saturated heterocycles. The zero-order chi connectivity index (χ0) is 21.3. The number of imide groups is 1. The summed E-state index contributed by atoms with van der Waals surface area (Å²) < 4.78 is 1.08. The molecule has 4 N–H and O–H groups in total. The summed E-state index contributed by atoms with van der Waals surface area (Å²) in [5.41, 5.74) is -0.671. The van der Waals surface area contributed by atoms with Crippen LogP contribution < -0.4 is 5.32 Å². The van der Waals surface area contributed by atoms with E-state index in [-0.39, 0.29) is 54.0 Å². The van der Waals surface area contributed by atoms with E-state index in [1.54, 1.807) is 32.0 Å². The Morgan fingerprint density at radius 1 is 1.28 bits per heavy atom. The van der Waals surface area contributed by atoms with Gasteiger partial charge in [-0.25, -0.2) is 0 Å². The molecule has 1 fully saturated rings. The first-order chi connectivity index (χ1) is 13.6. The molecule has 0 radical (unpaired) electrons. The molecule has 154 valence electrons. The number of hydrogen-bond acceptors (Lipinski definition) is 7. The van der Waals surface area contributed by atoms with Crippen molar-refractivity contribution in [2.24, 2.45) is 15.6 Å². The molecule has 1 aliphatic rings. The van der Waals surface area contributed by atoms with Crippen molar-refractivity contribution < 1.29 is 29.7 Å². The lowest BCUT2D eigenvalue weighted by atomic mass is 9.90. The molecule has 0 spiro atoms. The summed E-state index contributed by atoms with van der Waals surface area (Å²) in [6.45, 7) is 3.35. The Morgan fingerprint density at radius 2 is 2.00 bits per heavy atom. The van der Waals surface area contributed by atoms with E-state index in [9.17, 15) is 24.6 Å². The highest BCUT2D eigenvalue weighted by Gasteiger charge is 2.33. The van der Waals surface area contributed by atoms with Crippen LogP contribution in [0.2, 0.25) is 0 Å². The number of carboxylic acids is 1. The van der Waals surface area contributed by atoms with Crippen LogP contribution in [0.1, 0.15) is 39.2 Å². The highest BCUT2D eigenvalue weighted by molar-refractivity contribution is 6.03. The fourth-order valence-corrected chi connectivity index (χ4v) is 3.18. The molecule has 1 atom stereocenters. The zero-order valence-corrected chi connectivity index (χ0v) is 16.0. The van der Waals surface area contributed by atoms with Crippen LogP contribution >= 0.6 is 0 Å². The Bertz CT molecular complexity index is 1020. The fourth-order valence-electron chi connectivity index (χ4n) is 3.18. The average molecular weight is 402 g/mol. The summed E-state index contributed by atoms with van der Waals surface area (Å²) in [5.74, 6) is -2.60. The van der Waals surface area contributed by atoms with Gasteiger partial charge in [0, 0.05) is 11.8 Å². The van der Waals surface area contributed by atoms with Crippen molar-refractivity contribution in [3.63, 3.8) is 0 Å². The van der Waals surface area contributed by atoms with Gasteiger partial charge in [0.05, 0.1) is 23.0 Å². The third kappa shape index (κ3) is 3.78. The summed E-state index contributed by atoms with van der Waals surface area (Å²) >= 11 is 0. The van der Waals surface area contributed by atoms with Crippen molar-refractivity contribution >= 4 is 34.2 Å². The quantitative estimate of drug-likeness (QED) is 0.430. The molecule has 10 heteroatoms. The van der Waals surface area contributed by atoms with Gasteiger partial charge in [-0.1, -0.05) is 6.07 Å². The Balaban J connectivity index is 1.93. The second kappa shape index (κ2) is 7.53. The SMILES string of the molecule is CC(C)(CCN=Nc1cccc2c(O)n(C3CCC(=O)NC3=O)c(O)c12)C(=O)O. The third-order valence-corrected chi connectivity index (χ3v) is 5.08. The number of rotatable bonds is 6. The minimum atomic E-state index is -0.944. The highest BCUT2D eigenvalue weighted by atomic mass is 16.4. The molecule has 1 aromatic heterocycles. The van der Waals surface area contributed by atoms with Gasteiger partial charge in [-0.2, -0.15) is 10.2 Å². The largest absolute Gasteiger partial charge is 0.494 e. The van der Waals surface area contributed by atoms with E-state index in [0.29, 0.717) is 0 Å². The van der Waals surface area contributed by atoms with Crippen LogP contribution in [0.5, 0.6) is 11.8 Å². The number of piperidine rings is 1. The molecule has 10 nitrogen and oxygen atoms in total. The summed E-state index contributed by atoms with van der Waals surface area (Å²) in [7, 11) is 0. The normalized spacial score (nSPS) is 17.8.